The van der Waals surface area contributed by atoms with E-state index in [-0.39, 0.29) is 0 Å². The molecule has 2 aromatic heterocycles. The quantitative estimate of drug-likeness (QED) is 0.223. The largest absolute Gasteiger partial charge is 0.673 e. The molecule has 142 valence electrons. The third-order valence-electron chi connectivity index (χ3n) is 4.41. The Balaban J connectivity index is 0.000000346. The summed E-state index contributed by atoms with van der Waals surface area (Å²) in [7, 11) is -4.31. The number of hydrogen-bond donors (Lipinski definition) is 0. The van der Waals surface area contributed by atoms with Crippen LogP contribution in [0.5, 0.6) is 5.75 Å². The highest BCUT2D eigenvalue weighted by Crippen LogP contribution is 2.43. The van der Waals surface area contributed by atoms with Crippen molar-refractivity contribution in [3.05, 3.63) is 66.7 Å². The Labute approximate surface area is 157 Å². The maximum Gasteiger partial charge on any atom is 0.673 e. The molecule has 5 rings (SSSR count). The molecule has 0 unspecified atom stereocenters. The normalized spacial score (nSPS) is 11.8. The number of fused-ring (bicyclic) bond motifs is 3. The van der Waals surface area contributed by atoms with Crippen LogP contribution in [-0.4, -0.2) is 14.4 Å². The van der Waals surface area contributed by atoms with Gasteiger partial charge >= 0.3 is 13.0 Å². The van der Waals surface area contributed by atoms with Gasteiger partial charge in [-0.15, -0.1) is 4.40 Å². The van der Waals surface area contributed by atoms with E-state index < -0.39 is 7.25 Å². The first-order valence-electron chi connectivity index (χ1n) is 8.46. The van der Waals surface area contributed by atoms with Crippen LogP contribution >= 0.6 is 0 Å². The fourth-order valence-electron chi connectivity index (χ4n) is 3.43. The molecule has 0 N–H and O–H groups in total. The number of para-hydroxylation sites is 1. The van der Waals surface area contributed by atoms with Gasteiger partial charge in [-0.05, 0) is 30.3 Å². The first kappa shape index (κ1) is 18.1. The Morgan fingerprint density at radius 3 is 2.07 bits per heavy atom. The van der Waals surface area contributed by atoms with Crippen LogP contribution in [0, 0.1) is 0 Å². The molecule has 1 aliphatic rings. The fraction of sp³-hybridized carbons (Fsp3) is 0.0500. The molecule has 0 aliphatic carbocycles. The second-order valence-electron chi connectivity index (χ2n) is 6.11. The summed E-state index contributed by atoms with van der Waals surface area (Å²) in [6.45, 7) is 0. The third kappa shape index (κ3) is 3.11. The smallest absolute Gasteiger partial charge is 0.496 e. The molecule has 0 saturated carbocycles. The van der Waals surface area contributed by atoms with Gasteiger partial charge in [0.05, 0.1) is 29.9 Å². The minimum absolute atomic E-state index is 0.814. The molecule has 0 radical (unpaired) electrons. The highest BCUT2D eigenvalue weighted by Gasteiger charge is 2.37. The Morgan fingerprint density at radius 2 is 1.39 bits per heavy atom. The number of benzene rings is 2. The van der Waals surface area contributed by atoms with Crippen molar-refractivity contribution in [2.24, 2.45) is 0 Å². The molecule has 0 saturated heterocycles. The molecule has 4 aromatic rings. The van der Waals surface area contributed by atoms with Crippen LogP contribution in [0.3, 0.4) is 0 Å². The molecule has 0 amide bonds. The van der Waals surface area contributed by atoms with Crippen LogP contribution in [0.1, 0.15) is 0 Å². The zero-order valence-corrected chi connectivity index (χ0v) is 14.7. The number of hydrogen-bond acceptors (Lipinski definition) is 2. The lowest BCUT2D eigenvalue weighted by Crippen LogP contribution is -2.20. The van der Waals surface area contributed by atoms with Gasteiger partial charge in [0, 0.05) is 6.07 Å². The van der Waals surface area contributed by atoms with Crippen LogP contribution in [0.2, 0.25) is 0 Å². The van der Waals surface area contributed by atoms with Crippen molar-refractivity contribution in [1.82, 2.24) is 0 Å². The summed E-state index contributed by atoms with van der Waals surface area (Å²) >= 11 is 0. The minimum Gasteiger partial charge on any atom is -0.496 e. The molecule has 3 heterocycles. The van der Waals surface area contributed by atoms with Gasteiger partial charge in [-0.1, -0.05) is 24.3 Å². The predicted octanol–water partition coefficient (Wildman–Crippen LogP) is 5.64. The highest BCUT2D eigenvalue weighted by atomic mass is 19.5. The van der Waals surface area contributed by atoms with E-state index in [2.05, 4.69) is 34.7 Å². The lowest BCUT2D eigenvalue weighted by atomic mass is 10.0. The van der Waals surface area contributed by atoms with Crippen molar-refractivity contribution in [2.45, 2.75) is 0 Å². The Hall–Kier alpha value is -3.29. The van der Waals surface area contributed by atoms with Crippen molar-refractivity contribution in [2.75, 3.05) is 7.11 Å². The number of pyridine rings is 1. The van der Waals surface area contributed by atoms with Gasteiger partial charge in [-0.3, -0.25) is 0 Å². The van der Waals surface area contributed by atoms with Gasteiger partial charge in [0.2, 0.25) is 11.5 Å². The molecule has 1 aliphatic heterocycles. The SMILES string of the molecule is COc1ccccc1-c1oc2cccc3[n+]2c1-c1ccccc1-3.F[B-](F)(F)F. The van der Waals surface area contributed by atoms with E-state index in [0.29, 0.717) is 0 Å². The maximum absolute atomic E-state index is 9.75. The van der Waals surface area contributed by atoms with E-state index in [1.807, 2.05) is 36.4 Å². The van der Waals surface area contributed by atoms with E-state index in [9.17, 15) is 17.3 Å². The van der Waals surface area contributed by atoms with Crippen LogP contribution in [-0.2, 0) is 0 Å². The first-order valence-corrected chi connectivity index (χ1v) is 8.46. The van der Waals surface area contributed by atoms with E-state index in [1.165, 1.54) is 11.1 Å². The standard InChI is InChI=1S/C20H14NO2.BF4/c1-22-17-11-5-4-9-15(17)20-19-14-8-3-2-7-13(14)16-10-6-12-18(23-20)21(16)19;2-1(3,4)5/h2-12H,1H3;/q+1;-1. The van der Waals surface area contributed by atoms with Crippen molar-refractivity contribution in [3.8, 4) is 39.6 Å². The van der Waals surface area contributed by atoms with Gasteiger partial charge < -0.3 is 26.4 Å². The maximum atomic E-state index is 9.75. The van der Waals surface area contributed by atoms with E-state index in [4.69, 9.17) is 9.15 Å². The number of aromatic nitrogens is 1. The lowest BCUT2D eigenvalue weighted by Gasteiger charge is -2.04. The molecule has 0 atom stereocenters. The molecule has 28 heavy (non-hydrogen) atoms. The number of halogens is 4. The van der Waals surface area contributed by atoms with E-state index in [1.54, 1.807) is 7.11 Å². The van der Waals surface area contributed by atoms with Gasteiger partial charge in [0.25, 0.3) is 5.69 Å². The van der Waals surface area contributed by atoms with Crippen LogP contribution in [0.25, 0.3) is 39.6 Å². The van der Waals surface area contributed by atoms with Crippen molar-refractivity contribution in [1.29, 1.82) is 0 Å². The molecule has 0 fully saturated rings. The van der Waals surface area contributed by atoms with Crippen LogP contribution in [0.15, 0.2) is 71.1 Å². The second kappa shape index (κ2) is 6.71. The van der Waals surface area contributed by atoms with Gasteiger partial charge in [-0.25, -0.2) is 0 Å². The molecule has 0 spiro atoms. The fourth-order valence-corrected chi connectivity index (χ4v) is 3.43. The molecule has 8 heteroatoms. The zero-order valence-electron chi connectivity index (χ0n) is 14.7. The Bertz CT molecular complexity index is 1160. The number of methoxy groups -OCH3 is 1. The van der Waals surface area contributed by atoms with E-state index >= 15 is 0 Å². The van der Waals surface area contributed by atoms with Crippen LogP contribution in [0.4, 0.5) is 17.3 Å². The number of oxazole rings is 1. The zero-order chi connectivity index (χ0) is 19.9. The number of nitrogens with zero attached hydrogens (tertiary/aromatic N) is 1. The van der Waals surface area contributed by atoms with Gasteiger partial charge in [0.15, 0.2) is 0 Å². The summed E-state index contributed by atoms with van der Waals surface area (Å²) in [4.78, 5) is 0. The van der Waals surface area contributed by atoms with Crippen LogP contribution < -0.4 is 9.14 Å². The molecule has 3 nitrogen and oxygen atoms in total. The number of rotatable bonds is 2. The average Bonchev–Trinajstić information content (AvgIpc) is 3.21. The summed E-state index contributed by atoms with van der Waals surface area (Å²) in [6.07, 6.45) is 0. The van der Waals surface area contributed by atoms with Crippen molar-refractivity contribution < 1.29 is 30.8 Å². The topological polar surface area (TPSA) is 26.5 Å². The summed E-state index contributed by atoms with van der Waals surface area (Å²) in [5.74, 6) is 1.66. The third-order valence-corrected chi connectivity index (χ3v) is 4.41. The average molecular weight is 387 g/mol. The second-order valence-corrected chi connectivity index (χ2v) is 6.11. The minimum atomic E-state index is -6.00. The van der Waals surface area contributed by atoms with Gasteiger partial charge in [-0.2, -0.15) is 0 Å². The summed E-state index contributed by atoms with van der Waals surface area (Å²) in [6, 6.07) is 22.6. The Kier molecular flexibility index (Phi) is 4.33. The lowest BCUT2D eigenvalue weighted by molar-refractivity contribution is -0.485. The van der Waals surface area contributed by atoms with Crippen molar-refractivity contribution >= 4 is 13.0 Å². The van der Waals surface area contributed by atoms with Gasteiger partial charge in [0.1, 0.15) is 5.75 Å². The molecular formula is C20H14BF4NO2. The molecule has 2 aromatic carbocycles. The van der Waals surface area contributed by atoms with Crippen molar-refractivity contribution in [3.63, 3.8) is 0 Å². The summed E-state index contributed by atoms with van der Waals surface area (Å²) in [5, 5.41) is 0. The Morgan fingerprint density at radius 1 is 0.786 bits per heavy atom. The van der Waals surface area contributed by atoms with E-state index in [0.717, 1.165) is 34.2 Å². The molecular weight excluding hydrogens is 373 g/mol. The highest BCUT2D eigenvalue weighted by molar-refractivity contribution is 6.50. The summed E-state index contributed by atoms with van der Waals surface area (Å²) < 4.78 is 52.9. The monoisotopic (exact) mass is 387 g/mol. The predicted molar refractivity (Wildman–Crippen MR) is 98.5 cm³/mol. The summed E-state index contributed by atoms with van der Waals surface area (Å²) in [5.41, 5.74) is 6.50. The number of ether oxygens (including phenoxy) is 1. The molecule has 0 bridgehead atoms. The first-order chi connectivity index (χ1) is 13.4.